The quantitative estimate of drug-likeness (QED) is 0.470. The van der Waals surface area contributed by atoms with E-state index in [9.17, 15) is 9.59 Å². The van der Waals surface area contributed by atoms with Crippen molar-refractivity contribution in [3.05, 3.63) is 96.3 Å². The van der Waals surface area contributed by atoms with Gasteiger partial charge in [0.2, 0.25) is 5.91 Å². The average Bonchev–Trinajstić information content (AvgIpc) is 3.19. The summed E-state index contributed by atoms with van der Waals surface area (Å²) in [6.07, 6.45) is 0. The van der Waals surface area contributed by atoms with Crippen molar-refractivity contribution >= 4 is 28.5 Å². The monoisotopic (exact) mass is 426 g/mol. The largest absolute Gasteiger partial charge is 0.342 e. The average molecular weight is 427 g/mol. The zero-order chi connectivity index (χ0) is 22.5. The molecule has 0 saturated heterocycles. The molecule has 0 aliphatic heterocycles. The van der Waals surface area contributed by atoms with Crippen LogP contribution in [0, 0.1) is 0 Å². The standard InChI is InChI=1S/C26H26N4O2/c1-3-29(21-14-8-5-9-15-21)24(31)18-30-23-17-11-10-16-22(23)28-25(30)19(2)27-26(32)20-12-6-4-7-13-20/h4-17,19H,3,18H2,1-2H3,(H,27,32). The molecule has 0 radical (unpaired) electrons. The fourth-order valence-corrected chi connectivity index (χ4v) is 3.86. The van der Waals surface area contributed by atoms with Gasteiger partial charge in [0.25, 0.3) is 5.91 Å². The van der Waals surface area contributed by atoms with E-state index in [-0.39, 0.29) is 24.4 Å². The molecule has 0 bridgehead atoms. The molecule has 32 heavy (non-hydrogen) atoms. The van der Waals surface area contributed by atoms with E-state index in [0.717, 1.165) is 16.7 Å². The van der Waals surface area contributed by atoms with Gasteiger partial charge in [-0.2, -0.15) is 0 Å². The zero-order valence-electron chi connectivity index (χ0n) is 18.2. The molecule has 0 spiro atoms. The van der Waals surface area contributed by atoms with Crippen LogP contribution in [-0.2, 0) is 11.3 Å². The predicted molar refractivity (Wildman–Crippen MR) is 127 cm³/mol. The molecule has 2 amide bonds. The lowest BCUT2D eigenvalue weighted by Crippen LogP contribution is -2.35. The first kappa shape index (κ1) is 21.3. The molecule has 4 aromatic rings. The smallest absolute Gasteiger partial charge is 0.251 e. The molecule has 1 unspecified atom stereocenters. The normalized spacial score (nSPS) is 11.8. The summed E-state index contributed by atoms with van der Waals surface area (Å²) in [6, 6.07) is 26.0. The Morgan fingerprint density at radius 3 is 2.25 bits per heavy atom. The lowest BCUT2D eigenvalue weighted by atomic mass is 10.2. The predicted octanol–water partition coefficient (Wildman–Crippen LogP) is 4.58. The van der Waals surface area contributed by atoms with E-state index in [1.807, 2.05) is 91.2 Å². The summed E-state index contributed by atoms with van der Waals surface area (Å²) in [7, 11) is 0. The van der Waals surface area contributed by atoms with Gasteiger partial charge in [0.05, 0.1) is 17.1 Å². The van der Waals surface area contributed by atoms with Crippen LogP contribution in [0.5, 0.6) is 0 Å². The highest BCUT2D eigenvalue weighted by molar-refractivity contribution is 5.95. The molecule has 162 valence electrons. The molecule has 3 aromatic carbocycles. The van der Waals surface area contributed by atoms with Crippen LogP contribution in [0.4, 0.5) is 5.69 Å². The SMILES string of the molecule is CCN(C(=O)Cn1c(C(C)NC(=O)c2ccccc2)nc2ccccc21)c1ccccc1. The Morgan fingerprint density at radius 1 is 0.938 bits per heavy atom. The van der Waals surface area contributed by atoms with Crippen molar-refractivity contribution in [2.24, 2.45) is 0 Å². The van der Waals surface area contributed by atoms with Crippen LogP contribution in [0.3, 0.4) is 0 Å². The van der Waals surface area contributed by atoms with Crippen molar-refractivity contribution in [1.82, 2.24) is 14.9 Å². The molecule has 0 fully saturated rings. The maximum absolute atomic E-state index is 13.3. The van der Waals surface area contributed by atoms with Crippen LogP contribution in [0.15, 0.2) is 84.9 Å². The molecule has 1 atom stereocenters. The third kappa shape index (κ3) is 4.39. The van der Waals surface area contributed by atoms with Crippen LogP contribution in [-0.4, -0.2) is 27.9 Å². The number of nitrogens with zero attached hydrogens (tertiary/aromatic N) is 3. The van der Waals surface area contributed by atoms with E-state index in [4.69, 9.17) is 4.98 Å². The first-order chi connectivity index (χ1) is 15.6. The Balaban J connectivity index is 1.64. The zero-order valence-corrected chi connectivity index (χ0v) is 18.2. The van der Waals surface area contributed by atoms with Crippen molar-refractivity contribution in [1.29, 1.82) is 0 Å². The molecule has 1 heterocycles. The highest BCUT2D eigenvalue weighted by atomic mass is 16.2. The number of carbonyl (C=O) groups excluding carboxylic acids is 2. The maximum Gasteiger partial charge on any atom is 0.251 e. The molecule has 0 saturated carbocycles. The molecular weight excluding hydrogens is 400 g/mol. The fraction of sp³-hybridized carbons (Fsp3) is 0.192. The van der Waals surface area contributed by atoms with E-state index < -0.39 is 0 Å². The van der Waals surface area contributed by atoms with Gasteiger partial charge in [-0.3, -0.25) is 9.59 Å². The minimum absolute atomic E-state index is 0.0373. The van der Waals surface area contributed by atoms with E-state index >= 15 is 0 Å². The minimum Gasteiger partial charge on any atom is -0.342 e. The van der Waals surface area contributed by atoms with Crippen molar-refractivity contribution < 1.29 is 9.59 Å². The molecule has 4 rings (SSSR count). The Morgan fingerprint density at radius 2 is 1.56 bits per heavy atom. The highest BCUT2D eigenvalue weighted by Gasteiger charge is 2.22. The number of anilines is 1. The topological polar surface area (TPSA) is 67.2 Å². The summed E-state index contributed by atoms with van der Waals surface area (Å²) in [5, 5.41) is 3.01. The molecular formula is C26H26N4O2. The lowest BCUT2D eigenvalue weighted by Gasteiger charge is -2.23. The van der Waals surface area contributed by atoms with Crippen molar-refractivity contribution in [2.75, 3.05) is 11.4 Å². The van der Waals surface area contributed by atoms with Crippen molar-refractivity contribution in [2.45, 2.75) is 26.4 Å². The van der Waals surface area contributed by atoms with Crippen molar-refractivity contribution in [3.8, 4) is 0 Å². The van der Waals surface area contributed by atoms with Gasteiger partial charge in [-0.15, -0.1) is 0 Å². The summed E-state index contributed by atoms with van der Waals surface area (Å²) in [5.41, 5.74) is 3.09. The van der Waals surface area contributed by atoms with Gasteiger partial charge >= 0.3 is 0 Å². The Kier molecular flexibility index (Phi) is 6.31. The fourth-order valence-electron chi connectivity index (χ4n) is 3.86. The van der Waals surface area contributed by atoms with Crippen LogP contribution >= 0.6 is 0 Å². The van der Waals surface area contributed by atoms with E-state index in [0.29, 0.717) is 17.9 Å². The first-order valence-electron chi connectivity index (χ1n) is 10.7. The van der Waals surface area contributed by atoms with E-state index in [2.05, 4.69) is 5.32 Å². The van der Waals surface area contributed by atoms with Gasteiger partial charge < -0.3 is 14.8 Å². The number of fused-ring (bicyclic) bond motifs is 1. The van der Waals surface area contributed by atoms with E-state index in [1.54, 1.807) is 17.0 Å². The number of amides is 2. The number of hydrogen-bond acceptors (Lipinski definition) is 3. The molecule has 0 aliphatic rings. The molecule has 6 heteroatoms. The van der Waals surface area contributed by atoms with Gasteiger partial charge in [0, 0.05) is 17.8 Å². The van der Waals surface area contributed by atoms with Crippen LogP contribution in [0.25, 0.3) is 11.0 Å². The second-order valence-corrected chi connectivity index (χ2v) is 7.58. The number of carbonyl (C=O) groups is 2. The van der Waals surface area contributed by atoms with Crippen molar-refractivity contribution in [3.63, 3.8) is 0 Å². The third-order valence-electron chi connectivity index (χ3n) is 5.43. The summed E-state index contributed by atoms with van der Waals surface area (Å²) in [4.78, 5) is 32.5. The van der Waals surface area contributed by atoms with Gasteiger partial charge in [0.1, 0.15) is 12.4 Å². The summed E-state index contributed by atoms with van der Waals surface area (Å²) in [5.74, 6) is 0.431. The highest BCUT2D eigenvalue weighted by Crippen LogP contribution is 2.22. The number of para-hydroxylation sites is 3. The van der Waals surface area contributed by atoms with Gasteiger partial charge in [-0.1, -0.05) is 48.5 Å². The lowest BCUT2D eigenvalue weighted by molar-refractivity contribution is -0.119. The third-order valence-corrected chi connectivity index (χ3v) is 5.43. The molecule has 1 N–H and O–H groups in total. The summed E-state index contributed by atoms with van der Waals surface area (Å²) in [6.45, 7) is 4.54. The maximum atomic E-state index is 13.3. The number of nitrogens with one attached hydrogen (secondary N) is 1. The second kappa shape index (κ2) is 9.47. The van der Waals surface area contributed by atoms with Crippen LogP contribution in [0.2, 0.25) is 0 Å². The summed E-state index contributed by atoms with van der Waals surface area (Å²) >= 11 is 0. The molecule has 6 nitrogen and oxygen atoms in total. The summed E-state index contributed by atoms with van der Waals surface area (Å²) < 4.78 is 1.90. The van der Waals surface area contributed by atoms with Gasteiger partial charge in [-0.05, 0) is 50.2 Å². The number of likely N-dealkylation sites (N-methyl/N-ethyl adjacent to an activating group) is 1. The Labute approximate surface area is 187 Å². The number of rotatable bonds is 7. The number of hydrogen-bond donors (Lipinski definition) is 1. The number of aromatic nitrogens is 2. The second-order valence-electron chi connectivity index (χ2n) is 7.58. The Bertz CT molecular complexity index is 1220. The molecule has 0 aliphatic carbocycles. The number of benzene rings is 3. The van der Waals surface area contributed by atoms with Gasteiger partial charge in [-0.25, -0.2) is 4.98 Å². The van der Waals surface area contributed by atoms with Crippen LogP contribution < -0.4 is 10.2 Å². The van der Waals surface area contributed by atoms with E-state index in [1.165, 1.54) is 0 Å². The Hall–Kier alpha value is -3.93. The number of imidazole rings is 1. The first-order valence-corrected chi connectivity index (χ1v) is 10.7. The van der Waals surface area contributed by atoms with Crippen LogP contribution in [0.1, 0.15) is 36.1 Å². The van der Waals surface area contributed by atoms with Gasteiger partial charge in [0.15, 0.2) is 0 Å². The minimum atomic E-state index is -0.380. The molecule has 1 aromatic heterocycles.